The van der Waals surface area contributed by atoms with Crippen LogP contribution in [0.4, 0.5) is 0 Å². The van der Waals surface area contributed by atoms with Gasteiger partial charge in [-0.15, -0.1) is 11.8 Å². The summed E-state index contributed by atoms with van der Waals surface area (Å²) >= 11 is 1.63. The number of carbonyl (C=O) groups is 2. The molecule has 6 heteroatoms. The van der Waals surface area contributed by atoms with Gasteiger partial charge in [0.2, 0.25) is 0 Å². The smallest absolute Gasteiger partial charge is 0.336 e. The van der Waals surface area contributed by atoms with E-state index in [9.17, 15) is 9.59 Å². The van der Waals surface area contributed by atoms with Crippen LogP contribution in [0.5, 0.6) is 11.5 Å². The van der Waals surface area contributed by atoms with Gasteiger partial charge in [0, 0.05) is 17.0 Å². The zero-order valence-corrected chi connectivity index (χ0v) is 17.2. The number of unbranched alkanes of at least 4 members (excludes halogenated alkanes) is 1. The number of esters is 2. The predicted molar refractivity (Wildman–Crippen MR) is 115 cm³/mol. The monoisotopic (exact) mass is 412 g/mol. The average molecular weight is 413 g/mol. The second-order valence-electron chi connectivity index (χ2n) is 5.93. The summed E-state index contributed by atoms with van der Waals surface area (Å²) in [7, 11) is 0. The summed E-state index contributed by atoms with van der Waals surface area (Å²) in [5.74, 6) is 0.411. The molecule has 0 spiro atoms. The van der Waals surface area contributed by atoms with E-state index >= 15 is 0 Å². The van der Waals surface area contributed by atoms with Crippen LogP contribution < -0.4 is 9.47 Å². The highest BCUT2D eigenvalue weighted by molar-refractivity contribution is 7.98. The van der Waals surface area contributed by atoms with E-state index in [1.54, 1.807) is 30.0 Å². The van der Waals surface area contributed by atoms with Crippen LogP contribution in [0, 0.1) is 0 Å². The quantitative estimate of drug-likeness (QED) is 0.172. The van der Waals surface area contributed by atoms with Crippen LogP contribution in [0.15, 0.2) is 72.2 Å². The van der Waals surface area contributed by atoms with Crippen molar-refractivity contribution in [3.63, 3.8) is 0 Å². The van der Waals surface area contributed by atoms with E-state index in [2.05, 4.69) is 6.58 Å². The van der Waals surface area contributed by atoms with Crippen LogP contribution >= 0.6 is 11.8 Å². The number of benzene rings is 2. The zero-order valence-electron chi connectivity index (χ0n) is 16.3. The number of hydrogen-bond donors (Lipinski definition) is 0. The highest BCUT2D eigenvalue weighted by Gasteiger charge is 2.01. The van der Waals surface area contributed by atoms with E-state index in [0.717, 1.165) is 35.1 Å². The molecule has 0 atom stereocenters. The Morgan fingerprint density at radius 1 is 0.931 bits per heavy atom. The van der Waals surface area contributed by atoms with Gasteiger partial charge in [0.1, 0.15) is 11.5 Å². The first-order chi connectivity index (χ1) is 14.1. The highest BCUT2D eigenvalue weighted by atomic mass is 32.2. The number of rotatable bonds is 11. The maximum atomic E-state index is 11.9. The number of thioether (sulfide) groups is 1. The van der Waals surface area contributed by atoms with Crippen molar-refractivity contribution in [2.45, 2.75) is 17.7 Å². The minimum Gasteiger partial charge on any atom is -0.494 e. The first kappa shape index (κ1) is 22.3. The first-order valence-electron chi connectivity index (χ1n) is 9.16. The fourth-order valence-corrected chi connectivity index (χ4v) is 2.67. The molecule has 0 aliphatic carbocycles. The van der Waals surface area contributed by atoms with Gasteiger partial charge in [-0.1, -0.05) is 18.7 Å². The molecule has 0 aromatic heterocycles. The largest absolute Gasteiger partial charge is 0.494 e. The molecule has 29 heavy (non-hydrogen) atoms. The second kappa shape index (κ2) is 12.5. The van der Waals surface area contributed by atoms with Crippen molar-refractivity contribution < 1.29 is 23.8 Å². The van der Waals surface area contributed by atoms with E-state index in [0.29, 0.717) is 19.0 Å². The van der Waals surface area contributed by atoms with Gasteiger partial charge in [0.05, 0.1) is 13.2 Å². The van der Waals surface area contributed by atoms with E-state index in [4.69, 9.17) is 14.2 Å². The van der Waals surface area contributed by atoms with Crippen molar-refractivity contribution in [3.05, 3.63) is 72.8 Å². The molecule has 0 aliphatic rings. The minimum atomic E-state index is -0.431. The Kier molecular flexibility index (Phi) is 9.59. The predicted octanol–water partition coefficient (Wildman–Crippen LogP) is 4.92. The SMILES string of the molecule is C=CC(=O)OCCCCOc1ccc(/C=C/C(=O)Oc2ccc(SC)cc2)cc1. The average Bonchev–Trinajstić information content (AvgIpc) is 2.75. The topological polar surface area (TPSA) is 61.8 Å². The van der Waals surface area contributed by atoms with Crippen LogP contribution in [0.25, 0.3) is 6.08 Å². The van der Waals surface area contributed by atoms with Crippen molar-refractivity contribution in [1.29, 1.82) is 0 Å². The normalized spacial score (nSPS) is 10.5. The minimum absolute atomic E-state index is 0.357. The molecule has 0 aliphatic heterocycles. The fraction of sp³-hybridized carbons (Fsp3) is 0.217. The van der Waals surface area contributed by atoms with Gasteiger partial charge >= 0.3 is 11.9 Å². The maximum Gasteiger partial charge on any atom is 0.336 e. The van der Waals surface area contributed by atoms with Crippen LogP contribution in [-0.4, -0.2) is 31.4 Å². The number of ether oxygens (including phenoxy) is 3. The molecule has 152 valence electrons. The Hall–Kier alpha value is -2.99. The van der Waals surface area contributed by atoms with Crippen LogP contribution in [0.3, 0.4) is 0 Å². The van der Waals surface area contributed by atoms with Crippen molar-refractivity contribution in [2.24, 2.45) is 0 Å². The molecule has 2 rings (SSSR count). The summed E-state index contributed by atoms with van der Waals surface area (Å²) in [6, 6.07) is 14.7. The molecule has 0 saturated heterocycles. The van der Waals surface area contributed by atoms with E-state index < -0.39 is 11.9 Å². The molecule has 0 bridgehead atoms. The molecule has 0 unspecified atom stereocenters. The molecule has 0 amide bonds. The summed E-state index contributed by atoms with van der Waals surface area (Å²) in [5.41, 5.74) is 0.864. The first-order valence-corrected chi connectivity index (χ1v) is 10.4. The second-order valence-corrected chi connectivity index (χ2v) is 6.81. The molecule has 2 aromatic carbocycles. The van der Waals surface area contributed by atoms with Crippen molar-refractivity contribution in [3.8, 4) is 11.5 Å². The van der Waals surface area contributed by atoms with E-state index in [1.165, 1.54) is 6.08 Å². The van der Waals surface area contributed by atoms with Gasteiger partial charge in [-0.05, 0) is 67.1 Å². The number of hydrogen-bond acceptors (Lipinski definition) is 6. The third-order valence-electron chi connectivity index (χ3n) is 3.79. The van der Waals surface area contributed by atoms with Crippen molar-refractivity contribution >= 4 is 29.8 Å². The summed E-state index contributed by atoms with van der Waals surface area (Å²) in [6.45, 7) is 4.23. The molecule has 0 radical (unpaired) electrons. The van der Waals surface area contributed by atoms with Gasteiger partial charge in [0.15, 0.2) is 0 Å². The molecule has 5 nitrogen and oxygen atoms in total. The Balaban J connectivity index is 1.71. The summed E-state index contributed by atoms with van der Waals surface area (Å²) < 4.78 is 15.8. The van der Waals surface area contributed by atoms with Gasteiger partial charge < -0.3 is 14.2 Å². The molecule has 0 heterocycles. The Morgan fingerprint density at radius 2 is 1.59 bits per heavy atom. The highest BCUT2D eigenvalue weighted by Crippen LogP contribution is 2.19. The molecular formula is C23H24O5S. The summed E-state index contributed by atoms with van der Waals surface area (Å²) in [6.07, 6.45) is 7.72. The third-order valence-corrected chi connectivity index (χ3v) is 4.53. The van der Waals surface area contributed by atoms with Crippen molar-refractivity contribution in [1.82, 2.24) is 0 Å². The van der Waals surface area contributed by atoms with Crippen molar-refractivity contribution in [2.75, 3.05) is 19.5 Å². The van der Waals surface area contributed by atoms with Crippen LogP contribution in [-0.2, 0) is 14.3 Å². The fourth-order valence-electron chi connectivity index (χ4n) is 2.26. The summed E-state index contributed by atoms with van der Waals surface area (Å²) in [5, 5.41) is 0. The third kappa shape index (κ3) is 8.70. The van der Waals surface area contributed by atoms with E-state index in [-0.39, 0.29) is 0 Å². The van der Waals surface area contributed by atoms with Gasteiger partial charge in [0.25, 0.3) is 0 Å². The molecule has 0 N–H and O–H groups in total. The van der Waals surface area contributed by atoms with Gasteiger partial charge in [-0.2, -0.15) is 0 Å². The Bertz CT molecular complexity index is 825. The lowest BCUT2D eigenvalue weighted by molar-refractivity contribution is -0.137. The molecule has 2 aromatic rings. The molecule has 0 fully saturated rings. The molecular weight excluding hydrogens is 388 g/mol. The van der Waals surface area contributed by atoms with E-state index in [1.807, 2.05) is 42.7 Å². The lowest BCUT2D eigenvalue weighted by Crippen LogP contribution is -2.04. The summed E-state index contributed by atoms with van der Waals surface area (Å²) in [4.78, 5) is 23.9. The molecule has 0 saturated carbocycles. The lowest BCUT2D eigenvalue weighted by atomic mass is 10.2. The van der Waals surface area contributed by atoms with Crippen LogP contribution in [0.1, 0.15) is 18.4 Å². The van der Waals surface area contributed by atoms with Gasteiger partial charge in [-0.25, -0.2) is 9.59 Å². The van der Waals surface area contributed by atoms with Crippen LogP contribution in [0.2, 0.25) is 0 Å². The Morgan fingerprint density at radius 3 is 2.24 bits per heavy atom. The number of carbonyl (C=O) groups excluding carboxylic acids is 2. The van der Waals surface area contributed by atoms with Gasteiger partial charge in [-0.3, -0.25) is 0 Å². The Labute approximate surface area is 175 Å². The standard InChI is InChI=1S/C23H24O5S/c1-3-22(24)27-17-5-4-16-26-19-9-6-18(7-10-19)8-15-23(25)28-20-11-13-21(29-2)14-12-20/h3,6-15H,1,4-5,16-17H2,2H3/b15-8+. The lowest BCUT2D eigenvalue weighted by Gasteiger charge is -2.06. The zero-order chi connectivity index (χ0) is 20.9. The maximum absolute atomic E-state index is 11.9.